The molecule has 0 heterocycles. The molecular weight excluding hydrogens is 491 g/mol. The molecule has 0 saturated heterocycles. The largest absolute Gasteiger partial charge is 0.493 e. The molecule has 0 aromatic heterocycles. The number of halogens is 1. The quantitative estimate of drug-likeness (QED) is 0.261. The number of aliphatic imine (C=N–C) groups is 1. The number of amides is 1. The average Bonchev–Trinajstić information content (AvgIpc) is 3.53. The lowest BCUT2D eigenvalue weighted by Gasteiger charge is -2.14. The predicted octanol–water partition coefficient (Wildman–Crippen LogP) is 4.31. The molecule has 0 spiro atoms. The molecule has 1 saturated carbocycles. The number of carbonyl (C=O) groups excluding carboxylic acids is 1. The number of guanidine groups is 1. The standard InChI is InChI=1S/C23H30N4O2.HI/c1-3-24-23(25-14-19-7-6-9-21(13-19)27-17(2)28)26-15-20-8-4-5-10-22(20)29-16-18-11-12-18;/h4-10,13,18H,3,11-12,14-16H2,1-2H3,(H,27,28)(H2,24,25,26);1H. The number of hydrogen-bond donors (Lipinski definition) is 3. The number of rotatable bonds is 9. The number of carbonyl (C=O) groups is 1. The zero-order valence-electron chi connectivity index (χ0n) is 17.6. The lowest BCUT2D eigenvalue weighted by atomic mass is 10.2. The first-order valence-corrected chi connectivity index (χ1v) is 10.2. The monoisotopic (exact) mass is 522 g/mol. The van der Waals surface area contributed by atoms with Gasteiger partial charge in [0.05, 0.1) is 13.2 Å². The molecule has 3 N–H and O–H groups in total. The van der Waals surface area contributed by atoms with Crippen molar-refractivity contribution in [3.63, 3.8) is 0 Å². The van der Waals surface area contributed by atoms with Gasteiger partial charge in [-0.25, -0.2) is 4.99 Å². The van der Waals surface area contributed by atoms with Crippen LogP contribution in [0.15, 0.2) is 53.5 Å². The number of benzene rings is 2. The maximum atomic E-state index is 11.2. The highest BCUT2D eigenvalue weighted by atomic mass is 127. The predicted molar refractivity (Wildman–Crippen MR) is 132 cm³/mol. The van der Waals surface area contributed by atoms with Crippen LogP contribution >= 0.6 is 24.0 Å². The SMILES string of the molecule is CCNC(=NCc1cccc(NC(C)=O)c1)NCc1ccccc1OCC1CC1.I. The van der Waals surface area contributed by atoms with E-state index in [9.17, 15) is 4.79 Å². The molecule has 1 aliphatic rings. The Morgan fingerprint density at radius 1 is 1.13 bits per heavy atom. The fourth-order valence-electron chi connectivity index (χ4n) is 2.92. The van der Waals surface area contributed by atoms with E-state index in [1.807, 2.05) is 49.4 Å². The Balaban J connectivity index is 0.00000320. The van der Waals surface area contributed by atoms with Crippen molar-refractivity contribution in [3.05, 3.63) is 59.7 Å². The Morgan fingerprint density at radius 2 is 1.93 bits per heavy atom. The maximum Gasteiger partial charge on any atom is 0.221 e. The fourth-order valence-corrected chi connectivity index (χ4v) is 2.92. The van der Waals surface area contributed by atoms with E-state index in [0.29, 0.717) is 13.1 Å². The summed E-state index contributed by atoms with van der Waals surface area (Å²) in [5.41, 5.74) is 2.93. The van der Waals surface area contributed by atoms with Gasteiger partial charge in [-0.1, -0.05) is 30.3 Å². The van der Waals surface area contributed by atoms with E-state index in [1.54, 1.807) is 0 Å². The number of ether oxygens (including phenoxy) is 1. The summed E-state index contributed by atoms with van der Waals surface area (Å²) in [7, 11) is 0. The van der Waals surface area contributed by atoms with E-state index in [-0.39, 0.29) is 29.9 Å². The summed E-state index contributed by atoms with van der Waals surface area (Å²) >= 11 is 0. The molecule has 2 aromatic rings. The van der Waals surface area contributed by atoms with Gasteiger partial charge >= 0.3 is 0 Å². The number of hydrogen-bond acceptors (Lipinski definition) is 3. The molecule has 30 heavy (non-hydrogen) atoms. The van der Waals surface area contributed by atoms with Crippen molar-refractivity contribution in [3.8, 4) is 5.75 Å². The molecule has 0 aliphatic heterocycles. The van der Waals surface area contributed by atoms with Gasteiger partial charge in [0.15, 0.2) is 5.96 Å². The third kappa shape index (κ3) is 8.22. The van der Waals surface area contributed by atoms with E-state index in [2.05, 4.69) is 27.0 Å². The fraction of sp³-hybridized carbons (Fsp3) is 0.391. The second-order valence-electron chi connectivity index (χ2n) is 7.29. The molecule has 162 valence electrons. The van der Waals surface area contributed by atoms with Crippen LogP contribution in [0.5, 0.6) is 5.75 Å². The smallest absolute Gasteiger partial charge is 0.221 e. The van der Waals surface area contributed by atoms with Crippen LogP contribution in [0.1, 0.15) is 37.8 Å². The first kappa shape index (κ1) is 24.0. The molecule has 1 fully saturated rings. The Morgan fingerprint density at radius 3 is 2.67 bits per heavy atom. The van der Waals surface area contributed by atoms with Gasteiger partial charge in [-0.3, -0.25) is 4.79 Å². The summed E-state index contributed by atoms with van der Waals surface area (Å²) in [4.78, 5) is 15.9. The van der Waals surface area contributed by atoms with Crippen molar-refractivity contribution in [2.45, 2.75) is 39.8 Å². The van der Waals surface area contributed by atoms with Gasteiger partial charge in [-0.2, -0.15) is 0 Å². The topological polar surface area (TPSA) is 74.8 Å². The molecule has 0 atom stereocenters. The van der Waals surface area contributed by atoms with E-state index < -0.39 is 0 Å². The molecule has 0 bridgehead atoms. The van der Waals surface area contributed by atoms with Gasteiger partial charge in [0, 0.05) is 31.3 Å². The van der Waals surface area contributed by atoms with Gasteiger partial charge in [-0.05, 0) is 49.4 Å². The van der Waals surface area contributed by atoms with Crippen LogP contribution in [0.25, 0.3) is 0 Å². The molecular formula is C23H31IN4O2. The summed E-state index contributed by atoms with van der Waals surface area (Å²) in [6.45, 7) is 6.28. The van der Waals surface area contributed by atoms with E-state index in [1.165, 1.54) is 19.8 Å². The number of para-hydroxylation sites is 1. The zero-order chi connectivity index (χ0) is 20.5. The molecule has 7 heteroatoms. The lowest BCUT2D eigenvalue weighted by Crippen LogP contribution is -2.36. The van der Waals surface area contributed by atoms with Crippen LogP contribution < -0.4 is 20.7 Å². The Labute approximate surface area is 195 Å². The summed E-state index contributed by atoms with van der Waals surface area (Å²) in [6, 6.07) is 15.9. The van der Waals surface area contributed by atoms with Crippen molar-refractivity contribution in [2.75, 3.05) is 18.5 Å². The molecule has 1 aliphatic carbocycles. The van der Waals surface area contributed by atoms with E-state index >= 15 is 0 Å². The summed E-state index contributed by atoms with van der Waals surface area (Å²) in [5.74, 6) is 2.33. The Hall–Kier alpha value is -2.29. The third-order valence-electron chi connectivity index (χ3n) is 4.60. The van der Waals surface area contributed by atoms with Gasteiger partial charge in [0.1, 0.15) is 5.75 Å². The minimum Gasteiger partial charge on any atom is -0.493 e. The van der Waals surface area contributed by atoms with Crippen molar-refractivity contribution < 1.29 is 9.53 Å². The lowest BCUT2D eigenvalue weighted by molar-refractivity contribution is -0.114. The highest BCUT2D eigenvalue weighted by Crippen LogP contribution is 2.30. The summed E-state index contributed by atoms with van der Waals surface area (Å²) in [5, 5.41) is 9.47. The minimum atomic E-state index is -0.0803. The van der Waals surface area contributed by atoms with Gasteiger partial charge in [-0.15, -0.1) is 24.0 Å². The van der Waals surface area contributed by atoms with Gasteiger partial charge in [0.25, 0.3) is 0 Å². The third-order valence-corrected chi connectivity index (χ3v) is 4.60. The highest BCUT2D eigenvalue weighted by Gasteiger charge is 2.22. The van der Waals surface area contributed by atoms with Crippen molar-refractivity contribution in [1.82, 2.24) is 10.6 Å². The van der Waals surface area contributed by atoms with Crippen LogP contribution in [0.4, 0.5) is 5.69 Å². The summed E-state index contributed by atoms with van der Waals surface area (Å²) in [6.07, 6.45) is 2.56. The maximum absolute atomic E-state index is 11.2. The van der Waals surface area contributed by atoms with Gasteiger partial charge in [0.2, 0.25) is 5.91 Å². The number of anilines is 1. The first-order chi connectivity index (χ1) is 14.1. The average molecular weight is 522 g/mol. The highest BCUT2D eigenvalue weighted by molar-refractivity contribution is 14.0. The van der Waals surface area contributed by atoms with Crippen LogP contribution in [-0.4, -0.2) is 25.0 Å². The normalized spacial score (nSPS) is 13.2. The first-order valence-electron chi connectivity index (χ1n) is 10.2. The molecule has 0 radical (unpaired) electrons. The second-order valence-corrected chi connectivity index (χ2v) is 7.29. The molecule has 1 amide bonds. The Bertz CT molecular complexity index is 853. The number of nitrogens with one attached hydrogen (secondary N) is 3. The van der Waals surface area contributed by atoms with Crippen molar-refractivity contribution >= 4 is 41.5 Å². The Kier molecular flexibility index (Phi) is 9.93. The van der Waals surface area contributed by atoms with Crippen LogP contribution in [-0.2, 0) is 17.9 Å². The minimum absolute atomic E-state index is 0. The van der Waals surface area contributed by atoms with Crippen molar-refractivity contribution in [2.24, 2.45) is 10.9 Å². The van der Waals surface area contributed by atoms with Crippen LogP contribution in [0.2, 0.25) is 0 Å². The number of nitrogens with zero attached hydrogens (tertiary/aromatic N) is 1. The second kappa shape index (κ2) is 12.4. The van der Waals surface area contributed by atoms with E-state index in [0.717, 1.165) is 47.6 Å². The molecule has 6 nitrogen and oxygen atoms in total. The van der Waals surface area contributed by atoms with Crippen LogP contribution in [0.3, 0.4) is 0 Å². The zero-order valence-corrected chi connectivity index (χ0v) is 19.9. The molecule has 0 unspecified atom stereocenters. The molecule has 3 rings (SSSR count). The van der Waals surface area contributed by atoms with Gasteiger partial charge < -0.3 is 20.7 Å². The van der Waals surface area contributed by atoms with Crippen molar-refractivity contribution in [1.29, 1.82) is 0 Å². The summed E-state index contributed by atoms with van der Waals surface area (Å²) < 4.78 is 5.99. The molecule has 2 aromatic carbocycles. The van der Waals surface area contributed by atoms with Crippen LogP contribution in [0, 0.1) is 5.92 Å². The van der Waals surface area contributed by atoms with E-state index in [4.69, 9.17) is 4.74 Å².